The fourth-order valence-electron chi connectivity index (χ4n) is 3.84. The Morgan fingerprint density at radius 2 is 1.59 bits per heavy atom. The first kappa shape index (κ1) is 25.9. The molecule has 1 unspecified atom stereocenters. The molecule has 0 bridgehead atoms. The zero-order valence-electron chi connectivity index (χ0n) is 20.2. The van der Waals surface area contributed by atoms with Crippen molar-refractivity contribution in [1.82, 2.24) is 9.21 Å². The molecule has 0 N–H and O–H groups in total. The lowest BCUT2D eigenvalue weighted by molar-refractivity contribution is -0.134. The number of amides is 1. The van der Waals surface area contributed by atoms with Crippen molar-refractivity contribution in [3.63, 3.8) is 0 Å². The van der Waals surface area contributed by atoms with Gasteiger partial charge in [-0.05, 0) is 61.1 Å². The van der Waals surface area contributed by atoms with Gasteiger partial charge in [-0.25, -0.2) is 8.42 Å². The number of sulfonamides is 1. The lowest BCUT2D eigenvalue weighted by Gasteiger charge is -2.34. The Hall–Kier alpha value is -2.71. The molecular weight excluding hydrogens is 452 g/mol. The van der Waals surface area contributed by atoms with Crippen LogP contribution in [0.4, 0.5) is 0 Å². The maximum Gasteiger partial charge on any atom is 0.260 e. The molecule has 0 spiro atoms. The highest BCUT2D eigenvalue weighted by molar-refractivity contribution is 7.89. The fraction of sp³-hybridized carbons (Fsp3) is 0.462. The van der Waals surface area contributed by atoms with Crippen molar-refractivity contribution in [1.29, 1.82) is 0 Å². The average Bonchev–Trinajstić information content (AvgIpc) is 2.86. The molecule has 1 fully saturated rings. The first-order valence-electron chi connectivity index (χ1n) is 11.8. The van der Waals surface area contributed by atoms with Crippen molar-refractivity contribution in [2.75, 3.05) is 32.8 Å². The second kappa shape index (κ2) is 11.6. The van der Waals surface area contributed by atoms with Crippen LogP contribution in [0.2, 0.25) is 0 Å². The van der Waals surface area contributed by atoms with E-state index in [2.05, 4.69) is 13.8 Å². The first-order valence-corrected chi connectivity index (χ1v) is 13.2. The molecule has 8 heteroatoms. The van der Waals surface area contributed by atoms with Gasteiger partial charge < -0.3 is 14.4 Å². The molecule has 3 rings (SSSR count). The number of ether oxygens (including phenoxy) is 1. The van der Waals surface area contributed by atoms with Gasteiger partial charge in [0.1, 0.15) is 11.5 Å². The highest BCUT2D eigenvalue weighted by Gasteiger charge is 2.30. The minimum Gasteiger partial charge on any atom is -0.484 e. The lowest BCUT2D eigenvalue weighted by Crippen LogP contribution is -2.51. The van der Waals surface area contributed by atoms with Crippen LogP contribution in [0, 0.1) is 0 Å². The lowest BCUT2D eigenvalue weighted by atomic mass is 9.99. The molecule has 0 radical (unpaired) electrons. The third-order valence-electron chi connectivity index (χ3n) is 6.34. The molecule has 1 aliphatic heterocycles. The van der Waals surface area contributed by atoms with Crippen molar-refractivity contribution in [2.45, 2.75) is 50.8 Å². The number of benzene rings is 2. The van der Waals surface area contributed by atoms with Gasteiger partial charge in [-0.15, -0.1) is 0 Å². The number of piperazine rings is 1. The number of carbonyl (C=O) groups is 2. The van der Waals surface area contributed by atoms with E-state index in [0.29, 0.717) is 37.6 Å². The van der Waals surface area contributed by atoms with Crippen LogP contribution in [-0.4, -0.2) is 62.1 Å². The fourth-order valence-corrected chi connectivity index (χ4v) is 5.26. The summed E-state index contributed by atoms with van der Waals surface area (Å²) < 4.78 is 33.1. The first-order chi connectivity index (χ1) is 16.2. The van der Waals surface area contributed by atoms with E-state index in [4.69, 9.17) is 4.74 Å². The third-order valence-corrected chi connectivity index (χ3v) is 8.25. The maximum absolute atomic E-state index is 13.0. The number of ketones is 1. The summed E-state index contributed by atoms with van der Waals surface area (Å²) in [5.41, 5.74) is 2.17. The smallest absolute Gasteiger partial charge is 0.260 e. The second-order valence-electron chi connectivity index (χ2n) is 8.80. The number of hydrogen-bond acceptors (Lipinski definition) is 5. The van der Waals surface area contributed by atoms with Crippen LogP contribution in [-0.2, 0) is 26.0 Å². The van der Waals surface area contributed by atoms with Crippen LogP contribution in [0.1, 0.15) is 50.7 Å². The van der Waals surface area contributed by atoms with Crippen molar-refractivity contribution in [2.24, 2.45) is 0 Å². The molecule has 34 heavy (non-hydrogen) atoms. The Morgan fingerprint density at radius 3 is 2.15 bits per heavy atom. The molecular formula is C26H34N2O5S. The van der Waals surface area contributed by atoms with E-state index in [0.717, 1.165) is 17.5 Å². The molecule has 0 aromatic heterocycles. The summed E-state index contributed by atoms with van der Waals surface area (Å²) in [7, 11) is -3.59. The molecule has 1 heterocycles. The summed E-state index contributed by atoms with van der Waals surface area (Å²) in [5, 5.41) is 0. The number of hydrogen-bond donors (Lipinski definition) is 0. The summed E-state index contributed by atoms with van der Waals surface area (Å²) in [5.74, 6) is 0.953. The van der Waals surface area contributed by atoms with E-state index in [1.54, 1.807) is 36.1 Å². The summed E-state index contributed by atoms with van der Waals surface area (Å²) in [6.07, 6.45) is 2.19. The summed E-state index contributed by atoms with van der Waals surface area (Å²) >= 11 is 0. The quantitative estimate of drug-likeness (QED) is 0.512. The second-order valence-corrected chi connectivity index (χ2v) is 10.7. The van der Waals surface area contributed by atoms with Crippen LogP contribution >= 0.6 is 0 Å². The molecule has 184 valence electrons. The number of rotatable bonds is 10. The van der Waals surface area contributed by atoms with Crippen molar-refractivity contribution < 1.29 is 22.7 Å². The zero-order chi connectivity index (χ0) is 24.7. The van der Waals surface area contributed by atoms with Crippen molar-refractivity contribution >= 4 is 21.7 Å². The number of aryl methyl sites for hydroxylation is 1. The van der Waals surface area contributed by atoms with Gasteiger partial charge in [0.15, 0.2) is 6.61 Å². The third kappa shape index (κ3) is 6.67. The Kier molecular flexibility index (Phi) is 8.85. The highest BCUT2D eigenvalue weighted by Crippen LogP contribution is 2.23. The number of nitrogens with zero attached hydrogens (tertiary/aromatic N) is 2. The van der Waals surface area contributed by atoms with Gasteiger partial charge in [0, 0.05) is 32.6 Å². The molecule has 2 aromatic rings. The van der Waals surface area contributed by atoms with Crippen LogP contribution in [0.25, 0.3) is 0 Å². The Balaban J connectivity index is 1.49. The van der Waals surface area contributed by atoms with Gasteiger partial charge in [0.2, 0.25) is 10.0 Å². The van der Waals surface area contributed by atoms with Gasteiger partial charge in [-0.1, -0.05) is 38.1 Å². The highest BCUT2D eigenvalue weighted by atomic mass is 32.2. The van der Waals surface area contributed by atoms with E-state index in [9.17, 15) is 18.0 Å². The topological polar surface area (TPSA) is 84.0 Å². The molecule has 0 aliphatic carbocycles. The van der Waals surface area contributed by atoms with E-state index in [1.165, 1.54) is 4.31 Å². The van der Waals surface area contributed by atoms with Crippen LogP contribution in [0.5, 0.6) is 5.75 Å². The van der Waals surface area contributed by atoms with Gasteiger partial charge >= 0.3 is 0 Å². The van der Waals surface area contributed by atoms with E-state index < -0.39 is 10.0 Å². The minimum absolute atomic E-state index is 0.101. The minimum atomic E-state index is -3.59. The molecule has 1 saturated heterocycles. The Bertz CT molecular complexity index is 1070. The average molecular weight is 487 g/mol. The molecule has 7 nitrogen and oxygen atoms in total. The Labute approximate surface area is 202 Å². The number of carbonyl (C=O) groups excluding carboxylic acids is 2. The monoisotopic (exact) mass is 486 g/mol. The number of Topliss-reactive ketones (excluding diaryl/α,β-unsaturated/α-hetero) is 1. The molecule has 1 atom stereocenters. The zero-order valence-corrected chi connectivity index (χ0v) is 21.0. The SMILES string of the molecule is CCC(C)c1ccc(S(=O)(=O)N2CCN(C(=O)COc3ccc(CCC(C)=O)cc3)CC2)cc1. The van der Waals surface area contributed by atoms with Gasteiger partial charge in [-0.2, -0.15) is 4.31 Å². The Morgan fingerprint density at radius 1 is 0.971 bits per heavy atom. The van der Waals surface area contributed by atoms with E-state index in [1.807, 2.05) is 24.3 Å². The predicted molar refractivity (Wildman–Crippen MR) is 131 cm³/mol. The van der Waals surface area contributed by atoms with Crippen LogP contribution in [0.15, 0.2) is 53.4 Å². The van der Waals surface area contributed by atoms with E-state index in [-0.39, 0.29) is 36.3 Å². The van der Waals surface area contributed by atoms with Crippen molar-refractivity contribution in [3.05, 3.63) is 59.7 Å². The van der Waals surface area contributed by atoms with Gasteiger partial charge in [0.25, 0.3) is 5.91 Å². The van der Waals surface area contributed by atoms with Crippen LogP contribution in [0.3, 0.4) is 0 Å². The molecule has 0 saturated carbocycles. The molecule has 1 amide bonds. The summed E-state index contributed by atoms with van der Waals surface area (Å²) in [4.78, 5) is 25.6. The predicted octanol–water partition coefficient (Wildman–Crippen LogP) is 3.63. The molecule has 2 aromatic carbocycles. The van der Waals surface area contributed by atoms with E-state index >= 15 is 0 Å². The maximum atomic E-state index is 13.0. The normalized spacial score (nSPS) is 15.7. The summed E-state index contributed by atoms with van der Waals surface area (Å²) in [6.45, 7) is 6.87. The van der Waals surface area contributed by atoms with Gasteiger partial charge in [-0.3, -0.25) is 4.79 Å². The summed E-state index contributed by atoms with van der Waals surface area (Å²) in [6, 6.07) is 14.5. The van der Waals surface area contributed by atoms with Gasteiger partial charge in [0.05, 0.1) is 4.90 Å². The molecule has 1 aliphatic rings. The largest absolute Gasteiger partial charge is 0.484 e. The standard InChI is InChI=1S/C26H34N2O5S/c1-4-20(2)23-9-13-25(14-10-23)34(31,32)28-17-15-27(16-18-28)26(30)19-33-24-11-7-22(8-12-24)6-5-21(3)29/h7-14,20H,4-6,15-19H2,1-3H3. The van der Waals surface area contributed by atoms with Crippen LogP contribution < -0.4 is 4.74 Å². The van der Waals surface area contributed by atoms with Crippen molar-refractivity contribution in [3.8, 4) is 5.75 Å².